The molecule has 1 heterocycles. The maximum Gasteiger partial charge on any atom is 0.257 e. The van der Waals surface area contributed by atoms with E-state index in [2.05, 4.69) is 17.1 Å². The van der Waals surface area contributed by atoms with Gasteiger partial charge in [0.2, 0.25) is 0 Å². The number of anilines is 2. The summed E-state index contributed by atoms with van der Waals surface area (Å²) in [7, 11) is 0. The molecule has 2 aromatic carbocycles. The Kier molecular flexibility index (Phi) is 5.32. The Balaban J connectivity index is 1.82. The molecule has 1 N–H and O–H groups in total. The summed E-state index contributed by atoms with van der Waals surface area (Å²) < 4.78 is 0. The van der Waals surface area contributed by atoms with Crippen LogP contribution in [0, 0.1) is 5.92 Å². The maximum absolute atomic E-state index is 12.6. The minimum atomic E-state index is -0.250. The molecule has 0 unspecified atom stereocenters. The Labute approximate surface area is 152 Å². The van der Waals surface area contributed by atoms with Crippen LogP contribution in [0.4, 0.5) is 11.4 Å². The Bertz CT molecular complexity index is 740. The molecule has 5 heteroatoms. The molecule has 0 aromatic heterocycles. The summed E-state index contributed by atoms with van der Waals surface area (Å²) in [5.41, 5.74) is 2.23. The van der Waals surface area contributed by atoms with Crippen molar-refractivity contribution in [3.05, 3.63) is 58.1 Å². The number of rotatable bonds is 3. The Hall–Kier alpha value is -1.71. The number of piperidine rings is 1. The molecular weight excluding hydrogens is 343 g/mol. The first-order valence-corrected chi connectivity index (χ1v) is 8.90. The van der Waals surface area contributed by atoms with Crippen LogP contribution >= 0.6 is 23.2 Å². The molecule has 3 rings (SSSR count). The van der Waals surface area contributed by atoms with Crippen LogP contribution in [0.1, 0.15) is 30.1 Å². The average molecular weight is 363 g/mol. The molecule has 0 atom stereocenters. The van der Waals surface area contributed by atoms with Gasteiger partial charge in [-0.2, -0.15) is 0 Å². The third-order valence-corrected chi connectivity index (χ3v) is 5.01. The summed E-state index contributed by atoms with van der Waals surface area (Å²) in [6.07, 6.45) is 2.34. The molecule has 1 amide bonds. The smallest absolute Gasteiger partial charge is 0.257 e. The van der Waals surface area contributed by atoms with Crippen LogP contribution < -0.4 is 10.2 Å². The molecule has 24 heavy (non-hydrogen) atoms. The van der Waals surface area contributed by atoms with Gasteiger partial charge in [-0.3, -0.25) is 4.79 Å². The lowest BCUT2D eigenvalue weighted by Crippen LogP contribution is -2.33. The summed E-state index contributed by atoms with van der Waals surface area (Å²) in [5.74, 6) is 0.508. The van der Waals surface area contributed by atoms with E-state index in [0.29, 0.717) is 15.6 Å². The van der Waals surface area contributed by atoms with Crippen molar-refractivity contribution in [2.24, 2.45) is 5.92 Å². The highest BCUT2D eigenvalue weighted by molar-refractivity contribution is 6.36. The van der Waals surface area contributed by atoms with Crippen LogP contribution in [0.15, 0.2) is 42.5 Å². The van der Waals surface area contributed by atoms with E-state index in [4.69, 9.17) is 23.2 Å². The summed E-state index contributed by atoms with van der Waals surface area (Å²) in [6, 6.07) is 12.8. The molecule has 0 saturated carbocycles. The number of nitrogens with one attached hydrogen (secondary N) is 1. The van der Waals surface area contributed by atoms with Gasteiger partial charge < -0.3 is 10.2 Å². The molecule has 3 nitrogen and oxygen atoms in total. The molecule has 1 aliphatic rings. The number of nitrogens with zero attached hydrogens (tertiary/aromatic N) is 1. The van der Waals surface area contributed by atoms with Crippen LogP contribution in [0.25, 0.3) is 0 Å². The van der Waals surface area contributed by atoms with Gasteiger partial charge in [-0.05, 0) is 49.1 Å². The SMILES string of the molecule is CC1CCN(c2ccccc2NC(=O)c2cc(Cl)ccc2Cl)CC1. The monoisotopic (exact) mass is 362 g/mol. The number of carbonyl (C=O) groups excluding carboxylic acids is 1. The van der Waals surface area contributed by atoms with E-state index < -0.39 is 0 Å². The van der Waals surface area contributed by atoms with E-state index >= 15 is 0 Å². The van der Waals surface area contributed by atoms with Crippen molar-refractivity contribution in [2.75, 3.05) is 23.3 Å². The number of amides is 1. The fraction of sp³-hybridized carbons (Fsp3) is 0.316. The van der Waals surface area contributed by atoms with Gasteiger partial charge >= 0.3 is 0 Å². The third kappa shape index (κ3) is 3.85. The molecule has 0 radical (unpaired) electrons. The van der Waals surface area contributed by atoms with E-state index in [9.17, 15) is 4.79 Å². The van der Waals surface area contributed by atoms with Gasteiger partial charge in [-0.15, -0.1) is 0 Å². The number of carbonyl (C=O) groups is 1. The van der Waals surface area contributed by atoms with Crippen molar-refractivity contribution in [2.45, 2.75) is 19.8 Å². The van der Waals surface area contributed by atoms with E-state index in [0.717, 1.165) is 30.4 Å². The van der Waals surface area contributed by atoms with Gasteiger partial charge in [0, 0.05) is 18.1 Å². The summed E-state index contributed by atoms with van der Waals surface area (Å²) in [4.78, 5) is 14.9. The van der Waals surface area contributed by atoms with Crippen LogP contribution in [-0.4, -0.2) is 19.0 Å². The first-order chi connectivity index (χ1) is 11.5. The fourth-order valence-electron chi connectivity index (χ4n) is 2.97. The number of hydrogen-bond acceptors (Lipinski definition) is 2. The topological polar surface area (TPSA) is 32.3 Å². The van der Waals surface area contributed by atoms with Gasteiger partial charge in [0.15, 0.2) is 0 Å². The lowest BCUT2D eigenvalue weighted by molar-refractivity contribution is 0.102. The van der Waals surface area contributed by atoms with Gasteiger partial charge in [-0.25, -0.2) is 0 Å². The van der Waals surface area contributed by atoms with Crippen LogP contribution in [0.3, 0.4) is 0 Å². The molecule has 2 aromatic rings. The van der Waals surface area contributed by atoms with E-state index in [1.54, 1.807) is 18.2 Å². The molecule has 0 bridgehead atoms. The fourth-order valence-corrected chi connectivity index (χ4v) is 3.34. The van der Waals surface area contributed by atoms with E-state index in [-0.39, 0.29) is 5.91 Å². The average Bonchev–Trinajstić information content (AvgIpc) is 2.58. The highest BCUT2D eigenvalue weighted by Crippen LogP contribution is 2.30. The quantitative estimate of drug-likeness (QED) is 0.783. The number of para-hydroxylation sites is 2. The zero-order chi connectivity index (χ0) is 17.1. The van der Waals surface area contributed by atoms with E-state index in [1.807, 2.05) is 24.3 Å². The van der Waals surface area contributed by atoms with Crippen molar-refractivity contribution in [1.82, 2.24) is 0 Å². The predicted molar refractivity (Wildman–Crippen MR) is 101 cm³/mol. The highest BCUT2D eigenvalue weighted by Gasteiger charge is 2.19. The van der Waals surface area contributed by atoms with Gasteiger partial charge in [0.1, 0.15) is 0 Å². The van der Waals surface area contributed by atoms with Crippen molar-refractivity contribution >= 4 is 40.5 Å². The lowest BCUT2D eigenvalue weighted by Gasteiger charge is -2.33. The minimum Gasteiger partial charge on any atom is -0.370 e. The molecule has 1 fully saturated rings. The summed E-state index contributed by atoms with van der Waals surface area (Å²) >= 11 is 12.1. The third-order valence-electron chi connectivity index (χ3n) is 4.45. The van der Waals surface area contributed by atoms with E-state index in [1.165, 1.54) is 12.8 Å². The number of benzene rings is 2. The van der Waals surface area contributed by atoms with Gasteiger partial charge in [0.25, 0.3) is 5.91 Å². The second-order valence-electron chi connectivity index (χ2n) is 6.27. The molecule has 1 saturated heterocycles. The Morgan fingerprint density at radius 1 is 1.12 bits per heavy atom. The second-order valence-corrected chi connectivity index (χ2v) is 7.11. The first kappa shape index (κ1) is 17.1. The minimum absolute atomic E-state index is 0.250. The second kappa shape index (κ2) is 7.45. The molecule has 1 aliphatic heterocycles. The van der Waals surface area contributed by atoms with Crippen molar-refractivity contribution in [1.29, 1.82) is 0 Å². The van der Waals surface area contributed by atoms with Crippen LogP contribution in [0.5, 0.6) is 0 Å². The Morgan fingerprint density at radius 3 is 2.58 bits per heavy atom. The van der Waals surface area contributed by atoms with Crippen molar-refractivity contribution < 1.29 is 4.79 Å². The van der Waals surface area contributed by atoms with Gasteiger partial charge in [-0.1, -0.05) is 42.3 Å². The largest absolute Gasteiger partial charge is 0.370 e. The van der Waals surface area contributed by atoms with Crippen molar-refractivity contribution in [3.63, 3.8) is 0 Å². The summed E-state index contributed by atoms with van der Waals surface area (Å²) in [5, 5.41) is 3.86. The highest BCUT2D eigenvalue weighted by atomic mass is 35.5. The zero-order valence-electron chi connectivity index (χ0n) is 13.6. The zero-order valence-corrected chi connectivity index (χ0v) is 15.1. The van der Waals surface area contributed by atoms with Gasteiger partial charge in [0.05, 0.1) is 22.0 Å². The molecule has 0 spiro atoms. The number of hydrogen-bond donors (Lipinski definition) is 1. The molecular formula is C19H20Cl2N2O. The van der Waals surface area contributed by atoms with Crippen LogP contribution in [-0.2, 0) is 0 Å². The normalized spacial score (nSPS) is 15.4. The standard InChI is InChI=1S/C19H20Cl2N2O/c1-13-8-10-23(11-9-13)18-5-3-2-4-17(18)22-19(24)15-12-14(20)6-7-16(15)21/h2-7,12-13H,8-11H2,1H3,(H,22,24). The predicted octanol–water partition coefficient (Wildman–Crippen LogP) is 5.48. The lowest BCUT2D eigenvalue weighted by atomic mass is 9.98. The molecule has 0 aliphatic carbocycles. The van der Waals surface area contributed by atoms with Crippen LogP contribution in [0.2, 0.25) is 10.0 Å². The number of halogens is 2. The maximum atomic E-state index is 12.6. The Morgan fingerprint density at radius 2 is 1.83 bits per heavy atom. The molecule has 126 valence electrons. The summed E-state index contributed by atoms with van der Waals surface area (Å²) in [6.45, 7) is 4.30. The first-order valence-electron chi connectivity index (χ1n) is 8.15. The van der Waals surface area contributed by atoms with Crippen molar-refractivity contribution in [3.8, 4) is 0 Å².